The van der Waals surface area contributed by atoms with Gasteiger partial charge in [0, 0.05) is 18.9 Å². The van der Waals surface area contributed by atoms with Crippen molar-refractivity contribution in [3.8, 4) is 0 Å². The molecule has 0 radical (unpaired) electrons. The molecule has 94 valence electrons. The van der Waals surface area contributed by atoms with Crippen molar-refractivity contribution in [2.24, 2.45) is 0 Å². The second-order valence-corrected chi connectivity index (χ2v) is 3.84. The van der Waals surface area contributed by atoms with Crippen LogP contribution in [0.3, 0.4) is 0 Å². The Hall–Kier alpha value is -1.42. The highest BCUT2D eigenvalue weighted by molar-refractivity contribution is 5.75. The van der Waals surface area contributed by atoms with Crippen LogP contribution in [0.25, 0.3) is 0 Å². The molecule has 0 aliphatic carbocycles. The van der Waals surface area contributed by atoms with Crippen LogP contribution in [0, 0.1) is 0 Å². The number of ether oxygens (including phenoxy) is 1. The Bertz CT molecular complexity index is 327. The van der Waals surface area contributed by atoms with Crippen LogP contribution < -0.4 is 5.32 Å². The van der Waals surface area contributed by atoms with Gasteiger partial charge in [0.05, 0.1) is 6.61 Å². The largest absolute Gasteiger partial charge is 0.465 e. The normalized spacial score (nSPS) is 12.1. The summed E-state index contributed by atoms with van der Waals surface area (Å²) in [4.78, 5) is 15.7. The summed E-state index contributed by atoms with van der Waals surface area (Å²) in [6, 6.07) is 3.64. The third kappa shape index (κ3) is 4.95. The molecule has 0 aliphatic rings. The Balaban J connectivity index is 2.47. The number of pyridine rings is 1. The molecule has 0 amide bonds. The quantitative estimate of drug-likeness (QED) is 0.735. The summed E-state index contributed by atoms with van der Waals surface area (Å²) >= 11 is 0. The number of nitrogens with zero attached hydrogens (tertiary/aromatic N) is 1. The zero-order valence-corrected chi connectivity index (χ0v) is 10.5. The van der Waals surface area contributed by atoms with E-state index < -0.39 is 0 Å². The first-order valence-electron chi connectivity index (χ1n) is 6.06. The van der Waals surface area contributed by atoms with E-state index in [1.54, 1.807) is 12.4 Å². The monoisotopic (exact) mass is 236 g/mol. The highest BCUT2D eigenvalue weighted by Crippen LogP contribution is 2.02. The third-order valence-corrected chi connectivity index (χ3v) is 2.42. The van der Waals surface area contributed by atoms with E-state index in [1.165, 1.54) is 0 Å². The van der Waals surface area contributed by atoms with Crippen LogP contribution in [0.1, 0.15) is 32.3 Å². The average Bonchev–Trinajstić information content (AvgIpc) is 2.36. The molecular weight excluding hydrogens is 216 g/mol. The van der Waals surface area contributed by atoms with Crippen LogP contribution in [-0.4, -0.2) is 23.6 Å². The van der Waals surface area contributed by atoms with Gasteiger partial charge in [0.25, 0.3) is 0 Å². The van der Waals surface area contributed by atoms with Crippen LogP contribution in [0.5, 0.6) is 0 Å². The second kappa shape index (κ2) is 7.79. The lowest BCUT2D eigenvalue weighted by molar-refractivity contribution is -0.145. The summed E-state index contributed by atoms with van der Waals surface area (Å²) < 4.78 is 5.03. The fourth-order valence-corrected chi connectivity index (χ4v) is 1.58. The van der Waals surface area contributed by atoms with Gasteiger partial charge in [-0.05, 0) is 25.0 Å². The van der Waals surface area contributed by atoms with E-state index in [9.17, 15) is 4.79 Å². The standard InChI is InChI=1S/C13H20N2O2/c1-3-6-12(13(16)17-4-2)15-10-11-7-5-8-14-9-11/h5,7-9,12,15H,3-4,6,10H2,1-2H3. The minimum absolute atomic E-state index is 0.168. The molecule has 0 spiro atoms. The maximum absolute atomic E-state index is 11.7. The van der Waals surface area contributed by atoms with E-state index in [4.69, 9.17) is 4.74 Å². The Morgan fingerprint density at radius 2 is 2.35 bits per heavy atom. The van der Waals surface area contributed by atoms with Gasteiger partial charge in [0.1, 0.15) is 6.04 Å². The molecule has 0 bridgehead atoms. The molecule has 1 unspecified atom stereocenters. The fourth-order valence-electron chi connectivity index (χ4n) is 1.58. The molecular formula is C13H20N2O2. The number of carbonyl (C=O) groups excluding carboxylic acids is 1. The molecule has 0 aromatic carbocycles. The molecule has 0 aliphatic heterocycles. The van der Waals surface area contributed by atoms with Gasteiger partial charge in [-0.15, -0.1) is 0 Å². The number of hydrogen-bond acceptors (Lipinski definition) is 4. The lowest BCUT2D eigenvalue weighted by Gasteiger charge is -2.16. The van der Waals surface area contributed by atoms with Crippen molar-refractivity contribution in [3.05, 3.63) is 30.1 Å². The Morgan fingerprint density at radius 1 is 1.53 bits per heavy atom. The molecule has 0 saturated heterocycles. The molecule has 1 rings (SSSR count). The molecule has 0 fully saturated rings. The molecule has 17 heavy (non-hydrogen) atoms. The van der Waals surface area contributed by atoms with Crippen LogP contribution in [0.4, 0.5) is 0 Å². The van der Waals surface area contributed by atoms with Crippen LogP contribution >= 0.6 is 0 Å². The van der Waals surface area contributed by atoms with E-state index in [1.807, 2.05) is 19.1 Å². The van der Waals surface area contributed by atoms with Gasteiger partial charge in [-0.25, -0.2) is 0 Å². The van der Waals surface area contributed by atoms with E-state index in [2.05, 4.69) is 17.2 Å². The highest BCUT2D eigenvalue weighted by Gasteiger charge is 2.17. The Labute approximate surface area is 102 Å². The van der Waals surface area contributed by atoms with Gasteiger partial charge in [-0.3, -0.25) is 9.78 Å². The summed E-state index contributed by atoms with van der Waals surface area (Å²) in [6.45, 7) is 4.94. The lowest BCUT2D eigenvalue weighted by Crippen LogP contribution is -2.37. The fraction of sp³-hybridized carbons (Fsp3) is 0.538. The van der Waals surface area contributed by atoms with Gasteiger partial charge in [0.2, 0.25) is 0 Å². The maximum atomic E-state index is 11.7. The van der Waals surface area contributed by atoms with Crippen molar-refractivity contribution in [1.29, 1.82) is 0 Å². The average molecular weight is 236 g/mol. The number of nitrogens with one attached hydrogen (secondary N) is 1. The molecule has 1 heterocycles. The predicted molar refractivity (Wildman–Crippen MR) is 66.4 cm³/mol. The summed E-state index contributed by atoms with van der Waals surface area (Å²) in [7, 11) is 0. The summed E-state index contributed by atoms with van der Waals surface area (Å²) in [5, 5.41) is 3.21. The number of aromatic nitrogens is 1. The van der Waals surface area contributed by atoms with E-state index >= 15 is 0 Å². The van der Waals surface area contributed by atoms with Crippen molar-refractivity contribution in [2.45, 2.75) is 39.3 Å². The maximum Gasteiger partial charge on any atom is 0.323 e. The zero-order chi connectivity index (χ0) is 12.5. The van der Waals surface area contributed by atoms with Crippen molar-refractivity contribution < 1.29 is 9.53 Å². The number of carbonyl (C=O) groups is 1. The Kier molecular flexibility index (Phi) is 6.25. The zero-order valence-electron chi connectivity index (χ0n) is 10.5. The molecule has 1 atom stereocenters. The first kappa shape index (κ1) is 13.6. The predicted octanol–water partition coefficient (Wildman–Crippen LogP) is 1.90. The number of hydrogen-bond donors (Lipinski definition) is 1. The van der Waals surface area contributed by atoms with Gasteiger partial charge in [-0.2, -0.15) is 0 Å². The van der Waals surface area contributed by atoms with Crippen LogP contribution in [0.2, 0.25) is 0 Å². The summed E-state index contributed by atoms with van der Waals surface area (Å²) in [6.07, 6.45) is 5.27. The Morgan fingerprint density at radius 3 is 2.94 bits per heavy atom. The van der Waals surface area contributed by atoms with Crippen molar-refractivity contribution >= 4 is 5.97 Å². The molecule has 4 heteroatoms. The minimum Gasteiger partial charge on any atom is -0.465 e. The van der Waals surface area contributed by atoms with Gasteiger partial charge in [-0.1, -0.05) is 19.4 Å². The van der Waals surface area contributed by atoms with Gasteiger partial charge in [0.15, 0.2) is 0 Å². The first-order valence-corrected chi connectivity index (χ1v) is 6.06. The van der Waals surface area contributed by atoms with E-state index in [0.29, 0.717) is 13.2 Å². The number of esters is 1. The van der Waals surface area contributed by atoms with Gasteiger partial charge < -0.3 is 10.1 Å². The summed E-state index contributed by atoms with van der Waals surface area (Å²) in [5.74, 6) is -0.168. The van der Waals surface area contributed by atoms with Crippen molar-refractivity contribution in [2.75, 3.05) is 6.61 Å². The van der Waals surface area contributed by atoms with Crippen LogP contribution in [0.15, 0.2) is 24.5 Å². The highest BCUT2D eigenvalue weighted by atomic mass is 16.5. The second-order valence-electron chi connectivity index (χ2n) is 3.84. The molecule has 1 aromatic rings. The van der Waals surface area contributed by atoms with E-state index in [0.717, 1.165) is 18.4 Å². The van der Waals surface area contributed by atoms with Crippen LogP contribution in [-0.2, 0) is 16.1 Å². The molecule has 0 saturated carbocycles. The SMILES string of the molecule is CCCC(NCc1cccnc1)C(=O)OCC. The van der Waals surface area contributed by atoms with E-state index in [-0.39, 0.29) is 12.0 Å². The summed E-state index contributed by atoms with van der Waals surface area (Å²) in [5.41, 5.74) is 1.07. The molecule has 4 nitrogen and oxygen atoms in total. The number of rotatable bonds is 7. The molecule has 1 N–H and O–H groups in total. The smallest absolute Gasteiger partial charge is 0.323 e. The minimum atomic E-state index is -0.222. The molecule has 1 aromatic heterocycles. The van der Waals surface area contributed by atoms with Gasteiger partial charge >= 0.3 is 5.97 Å². The lowest BCUT2D eigenvalue weighted by atomic mass is 10.1. The topological polar surface area (TPSA) is 51.2 Å². The van der Waals surface area contributed by atoms with Crippen molar-refractivity contribution in [3.63, 3.8) is 0 Å². The van der Waals surface area contributed by atoms with Crippen molar-refractivity contribution in [1.82, 2.24) is 10.3 Å². The third-order valence-electron chi connectivity index (χ3n) is 2.42. The first-order chi connectivity index (χ1) is 8.27.